The van der Waals surface area contributed by atoms with E-state index in [1.54, 1.807) is 11.8 Å². The highest BCUT2D eigenvalue weighted by molar-refractivity contribution is 7.99. The number of hydrogen-bond acceptors (Lipinski definition) is 5. The van der Waals surface area contributed by atoms with Crippen LogP contribution in [0.3, 0.4) is 0 Å². The number of aromatic nitrogens is 2. The molecule has 1 N–H and O–H groups in total. The van der Waals surface area contributed by atoms with Crippen LogP contribution in [0.1, 0.15) is 15.9 Å². The number of aryl methyl sites for hydroxylation is 2. The summed E-state index contributed by atoms with van der Waals surface area (Å²) in [4.78, 5) is 11.5. The van der Waals surface area contributed by atoms with Crippen LogP contribution >= 0.6 is 11.8 Å². The minimum absolute atomic E-state index is 0.272. The first kappa shape index (κ1) is 18.0. The minimum Gasteiger partial charge on any atom is -0.478 e. The van der Waals surface area contributed by atoms with E-state index in [0.29, 0.717) is 37.6 Å². The van der Waals surface area contributed by atoms with Gasteiger partial charge in [-0.2, -0.15) is 21.2 Å². The second-order valence-electron chi connectivity index (χ2n) is 5.67. The van der Waals surface area contributed by atoms with Gasteiger partial charge in [0, 0.05) is 37.3 Å². The largest absolute Gasteiger partial charge is 0.478 e. The van der Waals surface area contributed by atoms with Crippen LogP contribution in [-0.2, 0) is 23.0 Å². The molecule has 1 aromatic heterocycles. The van der Waals surface area contributed by atoms with E-state index >= 15 is 0 Å². The number of carbonyl (C=O) groups is 1. The number of sulfonamides is 1. The lowest BCUT2D eigenvalue weighted by atomic mass is 10.1. The normalized spacial score (nSPS) is 16.0. The van der Waals surface area contributed by atoms with Crippen molar-refractivity contribution >= 4 is 27.8 Å². The van der Waals surface area contributed by atoms with E-state index in [2.05, 4.69) is 5.10 Å². The number of benzene rings is 1. The van der Waals surface area contributed by atoms with Crippen molar-refractivity contribution in [2.24, 2.45) is 0 Å². The van der Waals surface area contributed by atoms with E-state index in [9.17, 15) is 18.3 Å². The molecule has 2 heterocycles. The molecule has 1 fully saturated rings. The van der Waals surface area contributed by atoms with Gasteiger partial charge in [0.05, 0.1) is 0 Å². The maximum absolute atomic E-state index is 12.8. The number of carboxylic acids is 1. The first-order valence-electron chi connectivity index (χ1n) is 7.91. The Morgan fingerprint density at radius 2 is 1.88 bits per heavy atom. The molecule has 25 heavy (non-hydrogen) atoms. The average Bonchev–Trinajstić information content (AvgIpc) is 3.07. The lowest BCUT2D eigenvalue weighted by molar-refractivity contribution is 0.0692. The molecule has 1 saturated heterocycles. The summed E-state index contributed by atoms with van der Waals surface area (Å²) in [5.41, 5.74) is 0.804. The molecule has 0 aliphatic carbocycles. The van der Waals surface area contributed by atoms with Crippen molar-refractivity contribution in [1.29, 1.82) is 0 Å². The topological polar surface area (TPSA) is 92.5 Å². The first-order chi connectivity index (χ1) is 12.0. The maximum Gasteiger partial charge on any atom is 0.340 e. The third-order valence-corrected chi connectivity index (χ3v) is 6.76. The number of hydrogen-bond donors (Lipinski definition) is 1. The quantitative estimate of drug-likeness (QED) is 0.816. The van der Waals surface area contributed by atoms with Gasteiger partial charge in [-0.3, -0.25) is 4.68 Å². The van der Waals surface area contributed by atoms with Crippen molar-refractivity contribution in [3.8, 4) is 0 Å². The van der Waals surface area contributed by atoms with Crippen LogP contribution in [0.5, 0.6) is 0 Å². The molecular formula is C16H19N3O4S2. The van der Waals surface area contributed by atoms with Crippen molar-refractivity contribution in [3.05, 3.63) is 47.7 Å². The molecule has 0 bridgehead atoms. The van der Waals surface area contributed by atoms with Crippen LogP contribution in [0.2, 0.25) is 0 Å². The second kappa shape index (κ2) is 7.59. The van der Waals surface area contributed by atoms with Crippen LogP contribution in [-0.4, -0.2) is 58.2 Å². The van der Waals surface area contributed by atoms with E-state index in [4.69, 9.17) is 0 Å². The highest BCUT2D eigenvalue weighted by Gasteiger charge is 2.33. The van der Waals surface area contributed by atoms with Gasteiger partial charge in [0.25, 0.3) is 10.0 Å². The van der Waals surface area contributed by atoms with Crippen LogP contribution in [0.25, 0.3) is 0 Å². The molecule has 0 saturated carbocycles. The van der Waals surface area contributed by atoms with E-state index < -0.39 is 16.0 Å². The van der Waals surface area contributed by atoms with Crippen molar-refractivity contribution in [2.45, 2.75) is 18.0 Å². The van der Waals surface area contributed by atoms with Crippen molar-refractivity contribution < 1.29 is 18.3 Å². The zero-order valence-corrected chi connectivity index (χ0v) is 15.2. The summed E-state index contributed by atoms with van der Waals surface area (Å²) in [5, 5.41) is 13.1. The van der Waals surface area contributed by atoms with Crippen LogP contribution in [0.4, 0.5) is 0 Å². The highest BCUT2D eigenvalue weighted by atomic mass is 32.2. The van der Waals surface area contributed by atoms with Gasteiger partial charge >= 0.3 is 5.97 Å². The number of rotatable bonds is 6. The van der Waals surface area contributed by atoms with Crippen molar-refractivity contribution in [1.82, 2.24) is 14.1 Å². The Hall–Kier alpha value is -1.84. The van der Waals surface area contributed by atoms with Gasteiger partial charge < -0.3 is 5.11 Å². The molecule has 0 spiro atoms. The molecule has 2 aromatic rings. The monoisotopic (exact) mass is 381 g/mol. The fraction of sp³-hybridized carbons (Fsp3) is 0.375. The lowest BCUT2D eigenvalue weighted by Gasteiger charge is -2.24. The van der Waals surface area contributed by atoms with E-state index in [1.807, 2.05) is 30.3 Å². The molecule has 0 radical (unpaired) electrons. The maximum atomic E-state index is 12.8. The van der Waals surface area contributed by atoms with Gasteiger partial charge in [-0.05, 0) is 12.0 Å². The molecule has 0 amide bonds. The summed E-state index contributed by atoms with van der Waals surface area (Å²) in [7, 11) is -3.89. The Morgan fingerprint density at radius 1 is 1.20 bits per heavy atom. The fourth-order valence-corrected chi connectivity index (χ4v) is 5.32. The molecule has 1 aliphatic rings. The van der Waals surface area contributed by atoms with Crippen molar-refractivity contribution in [3.63, 3.8) is 0 Å². The summed E-state index contributed by atoms with van der Waals surface area (Å²) in [6.45, 7) is 1.17. The molecule has 7 nitrogen and oxygen atoms in total. The smallest absolute Gasteiger partial charge is 0.340 e. The second-order valence-corrected chi connectivity index (χ2v) is 8.75. The first-order valence-corrected chi connectivity index (χ1v) is 10.5. The summed E-state index contributed by atoms with van der Waals surface area (Å²) in [6, 6.07) is 9.69. The third kappa shape index (κ3) is 4.05. The standard InChI is InChI=1S/C16H19N3O4S2/c20-16(21)14-12-18(7-6-13-4-2-1-3-5-13)17-15(14)25(22,23)19-8-10-24-11-9-19/h1-5,12H,6-11H2,(H,20,21). The molecule has 0 unspecified atom stereocenters. The summed E-state index contributed by atoms with van der Waals surface area (Å²) < 4.78 is 28.3. The molecule has 1 aliphatic heterocycles. The Balaban J connectivity index is 1.85. The Labute approximate surface area is 150 Å². The third-order valence-electron chi connectivity index (χ3n) is 3.98. The zero-order valence-electron chi connectivity index (χ0n) is 13.5. The zero-order chi connectivity index (χ0) is 17.9. The number of nitrogens with zero attached hydrogens (tertiary/aromatic N) is 3. The molecule has 0 atom stereocenters. The summed E-state index contributed by atoms with van der Waals surface area (Å²) in [5.74, 6) is 0.128. The van der Waals surface area contributed by atoms with E-state index in [-0.39, 0.29) is 10.6 Å². The Bertz CT molecular complexity index is 844. The van der Waals surface area contributed by atoms with E-state index in [0.717, 1.165) is 5.56 Å². The number of aromatic carboxylic acids is 1. The SMILES string of the molecule is O=C(O)c1cn(CCc2ccccc2)nc1S(=O)(=O)N1CCSCC1. The van der Waals surface area contributed by atoms with Gasteiger partial charge in [-0.15, -0.1) is 0 Å². The number of carboxylic acid groups (broad SMARTS) is 1. The Morgan fingerprint density at radius 3 is 2.52 bits per heavy atom. The molecule has 134 valence electrons. The summed E-state index contributed by atoms with van der Waals surface area (Å²) >= 11 is 1.68. The highest BCUT2D eigenvalue weighted by Crippen LogP contribution is 2.22. The van der Waals surface area contributed by atoms with Gasteiger partial charge in [0.1, 0.15) is 5.56 Å². The predicted molar refractivity (Wildman–Crippen MR) is 95.4 cm³/mol. The predicted octanol–water partition coefficient (Wildman–Crippen LogP) is 1.56. The average molecular weight is 381 g/mol. The van der Waals surface area contributed by atoms with Gasteiger partial charge in [0.2, 0.25) is 5.03 Å². The Kier molecular flexibility index (Phi) is 5.45. The van der Waals surface area contributed by atoms with E-state index in [1.165, 1.54) is 15.2 Å². The van der Waals surface area contributed by atoms with Gasteiger partial charge in [0.15, 0.2) is 0 Å². The molecule has 3 rings (SSSR count). The fourth-order valence-electron chi connectivity index (χ4n) is 2.65. The lowest BCUT2D eigenvalue weighted by Crippen LogP contribution is -2.38. The van der Waals surface area contributed by atoms with Gasteiger partial charge in [-0.25, -0.2) is 13.2 Å². The summed E-state index contributed by atoms with van der Waals surface area (Å²) in [6.07, 6.45) is 1.94. The van der Waals surface area contributed by atoms with Crippen LogP contribution in [0, 0.1) is 0 Å². The molecule has 1 aromatic carbocycles. The molecular weight excluding hydrogens is 362 g/mol. The molecule has 9 heteroatoms. The minimum atomic E-state index is -3.89. The number of thioether (sulfide) groups is 1. The van der Waals surface area contributed by atoms with Crippen molar-refractivity contribution in [2.75, 3.05) is 24.6 Å². The van der Waals surface area contributed by atoms with Gasteiger partial charge in [-0.1, -0.05) is 30.3 Å². The van der Waals surface area contributed by atoms with Crippen LogP contribution < -0.4 is 0 Å². The van der Waals surface area contributed by atoms with Crippen LogP contribution in [0.15, 0.2) is 41.6 Å².